The van der Waals surface area contributed by atoms with Crippen molar-refractivity contribution in [3.63, 3.8) is 0 Å². The highest BCUT2D eigenvalue weighted by Crippen LogP contribution is 2.09. The quantitative estimate of drug-likeness (QED) is 0.638. The second-order valence-corrected chi connectivity index (χ2v) is 2.68. The molecule has 2 nitrogen and oxygen atoms in total. The first-order chi connectivity index (χ1) is 5.13. The van der Waals surface area contributed by atoms with Crippen LogP contribution in [0.25, 0.3) is 0 Å². The summed E-state index contributed by atoms with van der Waals surface area (Å²) in [4.78, 5) is 2.77. The molecule has 0 spiro atoms. The Labute approximate surface area is 63.9 Å². The van der Waals surface area contributed by atoms with Crippen LogP contribution in [0.1, 0.15) is 32.1 Å². The SMILES string of the molecule is CC(C)c1[nH]cc[n+]1C(F)F. The molecule has 1 heterocycles. The van der Waals surface area contributed by atoms with Gasteiger partial charge in [-0.25, -0.2) is 4.98 Å². The van der Waals surface area contributed by atoms with Gasteiger partial charge in [-0.15, -0.1) is 0 Å². The van der Waals surface area contributed by atoms with Crippen molar-refractivity contribution in [2.75, 3.05) is 0 Å². The fourth-order valence-electron chi connectivity index (χ4n) is 0.993. The number of hydrogen-bond donors (Lipinski definition) is 1. The van der Waals surface area contributed by atoms with E-state index in [0.29, 0.717) is 5.82 Å². The molecule has 0 saturated carbocycles. The molecule has 0 aliphatic heterocycles. The third-order valence-corrected chi connectivity index (χ3v) is 1.50. The molecule has 1 N–H and O–H groups in total. The lowest BCUT2D eigenvalue weighted by molar-refractivity contribution is -0.778. The van der Waals surface area contributed by atoms with Gasteiger partial charge < -0.3 is 0 Å². The molecule has 0 radical (unpaired) electrons. The summed E-state index contributed by atoms with van der Waals surface area (Å²) in [7, 11) is 0. The van der Waals surface area contributed by atoms with Crippen molar-refractivity contribution in [3.8, 4) is 0 Å². The fourth-order valence-corrected chi connectivity index (χ4v) is 0.993. The minimum absolute atomic E-state index is 0.0963. The largest absolute Gasteiger partial charge is 0.387 e. The van der Waals surface area contributed by atoms with Gasteiger partial charge in [-0.3, -0.25) is 0 Å². The molecule has 11 heavy (non-hydrogen) atoms. The highest BCUT2D eigenvalue weighted by Gasteiger charge is 2.20. The molecular weight excluding hydrogens is 150 g/mol. The van der Waals surface area contributed by atoms with E-state index in [9.17, 15) is 8.78 Å². The van der Waals surface area contributed by atoms with E-state index in [1.165, 1.54) is 12.4 Å². The summed E-state index contributed by atoms with van der Waals surface area (Å²) in [5.41, 5.74) is 0. The fraction of sp³-hybridized carbons (Fsp3) is 0.571. The maximum atomic E-state index is 12.2. The first-order valence-corrected chi connectivity index (χ1v) is 3.49. The number of H-pyrrole nitrogens is 1. The molecule has 1 aromatic heterocycles. The topological polar surface area (TPSA) is 19.7 Å². The number of aromatic amines is 1. The summed E-state index contributed by atoms with van der Waals surface area (Å²) in [6.07, 6.45) is 2.86. The number of hydrogen-bond acceptors (Lipinski definition) is 0. The van der Waals surface area contributed by atoms with Crippen LogP contribution in [0.3, 0.4) is 0 Å². The van der Waals surface area contributed by atoms with E-state index in [2.05, 4.69) is 4.98 Å². The molecule has 0 aliphatic carbocycles. The summed E-state index contributed by atoms with van der Waals surface area (Å²) >= 11 is 0. The van der Waals surface area contributed by atoms with Crippen LogP contribution in [0.2, 0.25) is 0 Å². The van der Waals surface area contributed by atoms with Crippen LogP contribution in [0.15, 0.2) is 12.4 Å². The predicted octanol–water partition coefficient (Wildman–Crippen LogP) is 1.82. The maximum Gasteiger partial charge on any atom is 0.387 e. The molecule has 0 unspecified atom stereocenters. The van der Waals surface area contributed by atoms with E-state index in [1.54, 1.807) is 0 Å². The minimum atomic E-state index is -2.45. The van der Waals surface area contributed by atoms with E-state index in [4.69, 9.17) is 0 Å². The zero-order chi connectivity index (χ0) is 8.43. The number of aromatic nitrogens is 2. The van der Waals surface area contributed by atoms with Crippen LogP contribution in [0, 0.1) is 0 Å². The van der Waals surface area contributed by atoms with Crippen molar-refractivity contribution in [1.82, 2.24) is 4.98 Å². The smallest absolute Gasteiger partial charge is 0.247 e. The normalized spacial score (nSPS) is 11.5. The molecule has 1 rings (SSSR count). The first kappa shape index (κ1) is 8.17. The van der Waals surface area contributed by atoms with Gasteiger partial charge in [0.2, 0.25) is 0 Å². The first-order valence-electron chi connectivity index (χ1n) is 3.49. The Morgan fingerprint density at radius 3 is 2.45 bits per heavy atom. The number of halogens is 2. The van der Waals surface area contributed by atoms with Crippen molar-refractivity contribution in [3.05, 3.63) is 18.2 Å². The van der Waals surface area contributed by atoms with Crippen molar-refractivity contribution in [2.24, 2.45) is 0 Å². The third kappa shape index (κ3) is 1.56. The van der Waals surface area contributed by atoms with Gasteiger partial charge in [0.15, 0.2) is 0 Å². The second-order valence-electron chi connectivity index (χ2n) is 2.68. The van der Waals surface area contributed by atoms with Crippen molar-refractivity contribution < 1.29 is 13.3 Å². The number of alkyl halides is 2. The van der Waals surface area contributed by atoms with Gasteiger partial charge in [0, 0.05) is 0 Å². The molecule has 0 atom stereocenters. The Bertz CT molecular complexity index is 208. The molecule has 0 aliphatic rings. The van der Waals surface area contributed by atoms with E-state index in [0.717, 1.165) is 4.57 Å². The van der Waals surface area contributed by atoms with Crippen LogP contribution in [-0.2, 0) is 0 Å². The highest BCUT2D eigenvalue weighted by atomic mass is 19.3. The average Bonchev–Trinajstić information content (AvgIpc) is 2.32. The number of nitrogens with zero attached hydrogens (tertiary/aromatic N) is 1. The second kappa shape index (κ2) is 2.98. The molecule has 4 heteroatoms. The minimum Gasteiger partial charge on any atom is -0.247 e. The Hall–Kier alpha value is -0.930. The van der Waals surface area contributed by atoms with Gasteiger partial charge in [0.25, 0.3) is 5.82 Å². The summed E-state index contributed by atoms with van der Waals surface area (Å²) in [6.45, 7) is 1.29. The molecule has 0 saturated heterocycles. The van der Waals surface area contributed by atoms with Gasteiger partial charge in [-0.05, 0) is 0 Å². The highest BCUT2D eigenvalue weighted by molar-refractivity contribution is 4.83. The summed E-state index contributed by atoms with van der Waals surface area (Å²) in [5.74, 6) is 0.652. The van der Waals surface area contributed by atoms with Gasteiger partial charge in [0.05, 0.1) is 5.92 Å². The Balaban J connectivity index is 2.96. The summed E-state index contributed by atoms with van der Waals surface area (Å²) < 4.78 is 25.3. The number of rotatable bonds is 2. The summed E-state index contributed by atoms with van der Waals surface area (Å²) in [5, 5.41) is 0. The molecule has 0 fully saturated rings. The molecular formula is C7H11F2N2+. The lowest BCUT2D eigenvalue weighted by Crippen LogP contribution is -2.37. The molecule has 62 valence electrons. The van der Waals surface area contributed by atoms with Gasteiger partial charge in [0.1, 0.15) is 12.4 Å². The van der Waals surface area contributed by atoms with E-state index in [-0.39, 0.29) is 5.92 Å². The molecule has 0 bridgehead atoms. The van der Waals surface area contributed by atoms with Crippen molar-refractivity contribution >= 4 is 0 Å². The Morgan fingerprint density at radius 2 is 2.09 bits per heavy atom. The molecule has 0 aromatic carbocycles. The zero-order valence-corrected chi connectivity index (χ0v) is 6.51. The van der Waals surface area contributed by atoms with E-state index in [1.807, 2.05) is 13.8 Å². The monoisotopic (exact) mass is 161 g/mol. The van der Waals surface area contributed by atoms with Crippen LogP contribution in [0.5, 0.6) is 0 Å². The van der Waals surface area contributed by atoms with E-state index < -0.39 is 6.55 Å². The van der Waals surface area contributed by atoms with Gasteiger partial charge >= 0.3 is 6.55 Å². The van der Waals surface area contributed by atoms with Crippen molar-refractivity contribution in [1.29, 1.82) is 0 Å². The molecule has 1 aromatic rings. The van der Waals surface area contributed by atoms with Crippen LogP contribution < -0.4 is 4.57 Å². The predicted molar refractivity (Wildman–Crippen MR) is 36.3 cm³/mol. The lowest BCUT2D eigenvalue weighted by Gasteiger charge is -2.00. The van der Waals surface area contributed by atoms with E-state index >= 15 is 0 Å². The zero-order valence-electron chi connectivity index (χ0n) is 6.51. The number of imidazole rings is 1. The van der Waals surface area contributed by atoms with Crippen molar-refractivity contribution in [2.45, 2.75) is 26.3 Å². The third-order valence-electron chi connectivity index (χ3n) is 1.50. The number of nitrogens with one attached hydrogen (secondary N) is 1. The maximum absolute atomic E-state index is 12.2. The van der Waals surface area contributed by atoms with Crippen LogP contribution >= 0.6 is 0 Å². The molecule has 0 amide bonds. The van der Waals surface area contributed by atoms with Gasteiger partial charge in [-0.2, -0.15) is 13.3 Å². The van der Waals surface area contributed by atoms with Crippen LogP contribution in [0.4, 0.5) is 8.78 Å². The Kier molecular flexibility index (Phi) is 2.22. The standard InChI is InChI=1S/C7H10F2N2/c1-5(2)6-10-3-4-11(6)7(8)9/h3-5,7H,1-2H3/p+1. The average molecular weight is 161 g/mol. The Morgan fingerprint density at radius 1 is 1.45 bits per heavy atom. The van der Waals surface area contributed by atoms with Gasteiger partial charge in [-0.1, -0.05) is 13.8 Å². The summed E-state index contributed by atoms with van der Waals surface area (Å²) in [6, 6.07) is 0. The lowest BCUT2D eigenvalue weighted by atomic mass is 10.2. The van der Waals surface area contributed by atoms with Crippen LogP contribution in [-0.4, -0.2) is 4.98 Å².